The second-order valence-electron chi connectivity index (χ2n) is 4.98. The average Bonchev–Trinajstić information content (AvgIpc) is 2.59. The molecule has 0 atom stereocenters. The number of rotatable bonds is 7. The normalized spacial score (nSPS) is 12.0. The first-order chi connectivity index (χ1) is 7.55. The SMILES string of the molecule is Cc1nccn1CCNCC(C)(C)CCO. The zero-order valence-corrected chi connectivity index (χ0v) is 10.5. The Labute approximate surface area is 97.7 Å². The van der Waals surface area contributed by atoms with E-state index in [0.717, 1.165) is 31.9 Å². The maximum Gasteiger partial charge on any atom is 0.105 e. The molecule has 0 saturated carbocycles. The molecule has 0 aliphatic heterocycles. The molecule has 0 aliphatic carbocycles. The molecule has 92 valence electrons. The Bertz CT molecular complexity index is 307. The van der Waals surface area contributed by atoms with Crippen LogP contribution in [0.25, 0.3) is 0 Å². The minimum atomic E-state index is 0.165. The predicted molar refractivity (Wildman–Crippen MR) is 65.3 cm³/mol. The molecule has 0 fully saturated rings. The summed E-state index contributed by atoms with van der Waals surface area (Å²) in [4.78, 5) is 4.18. The van der Waals surface area contributed by atoms with E-state index in [-0.39, 0.29) is 12.0 Å². The van der Waals surface area contributed by atoms with Gasteiger partial charge in [-0.2, -0.15) is 0 Å². The number of nitrogens with one attached hydrogen (secondary N) is 1. The summed E-state index contributed by atoms with van der Waals surface area (Å²) in [5, 5.41) is 12.3. The van der Waals surface area contributed by atoms with Gasteiger partial charge in [-0.1, -0.05) is 13.8 Å². The number of imidazole rings is 1. The van der Waals surface area contributed by atoms with Gasteiger partial charge in [0.2, 0.25) is 0 Å². The van der Waals surface area contributed by atoms with Gasteiger partial charge in [0.25, 0.3) is 0 Å². The summed E-state index contributed by atoms with van der Waals surface area (Å²) in [5.74, 6) is 1.05. The Balaban J connectivity index is 2.19. The van der Waals surface area contributed by atoms with Gasteiger partial charge >= 0.3 is 0 Å². The van der Waals surface area contributed by atoms with Gasteiger partial charge in [-0.05, 0) is 18.8 Å². The van der Waals surface area contributed by atoms with Crippen molar-refractivity contribution in [1.82, 2.24) is 14.9 Å². The molecule has 1 rings (SSSR count). The fraction of sp³-hybridized carbons (Fsp3) is 0.750. The van der Waals surface area contributed by atoms with Crippen LogP contribution in [-0.2, 0) is 6.54 Å². The quantitative estimate of drug-likeness (QED) is 0.685. The van der Waals surface area contributed by atoms with Gasteiger partial charge < -0.3 is 15.0 Å². The number of aliphatic hydroxyl groups excluding tert-OH is 1. The first-order valence-corrected chi connectivity index (χ1v) is 5.84. The average molecular weight is 225 g/mol. The van der Waals surface area contributed by atoms with E-state index in [0.29, 0.717) is 0 Å². The first kappa shape index (κ1) is 13.2. The number of aliphatic hydroxyl groups is 1. The summed E-state index contributed by atoms with van der Waals surface area (Å²) in [6.07, 6.45) is 4.66. The summed E-state index contributed by atoms with van der Waals surface area (Å²) in [6.45, 7) is 9.41. The topological polar surface area (TPSA) is 50.1 Å². The molecule has 1 heterocycles. The van der Waals surface area contributed by atoms with E-state index < -0.39 is 0 Å². The van der Waals surface area contributed by atoms with Crippen LogP contribution in [0, 0.1) is 12.3 Å². The molecule has 0 amide bonds. The molecule has 0 aliphatic rings. The summed E-state index contributed by atoms with van der Waals surface area (Å²) in [5.41, 5.74) is 0.165. The third kappa shape index (κ3) is 4.33. The smallest absolute Gasteiger partial charge is 0.105 e. The van der Waals surface area contributed by atoms with Crippen LogP contribution in [0.1, 0.15) is 26.1 Å². The van der Waals surface area contributed by atoms with Crippen LogP contribution < -0.4 is 5.32 Å². The Hall–Kier alpha value is -0.870. The maximum atomic E-state index is 8.90. The van der Waals surface area contributed by atoms with Crippen molar-refractivity contribution in [3.05, 3.63) is 18.2 Å². The lowest BCUT2D eigenvalue weighted by molar-refractivity contribution is 0.207. The standard InChI is InChI=1S/C12H23N3O/c1-11-14-6-8-15(11)7-5-13-10-12(2,3)4-9-16/h6,8,13,16H,4-5,7,9-10H2,1-3H3. The number of nitrogens with zero attached hydrogens (tertiary/aromatic N) is 2. The molecule has 0 radical (unpaired) electrons. The second kappa shape index (κ2) is 6.01. The third-order valence-electron chi connectivity index (χ3n) is 2.85. The van der Waals surface area contributed by atoms with E-state index in [1.165, 1.54) is 0 Å². The van der Waals surface area contributed by atoms with Crippen molar-refractivity contribution >= 4 is 0 Å². The molecule has 0 aromatic carbocycles. The Morgan fingerprint density at radius 2 is 2.25 bits per heavy atom. The summed E-state index contributed by atoms with van der Waals surface area (Å²) in [7, 11) is 0. The first-order valence-electron chi connectivity index (χ1n) is 5.84. The molecule has 0 spiro atoms. The van der Waals surface area contributed by atoms with Gasteiger partial charge in [-0.25, -0.2) is 4.98 Å². The van der Waals surface area contributed by atoms with Crippen molar-refractivity contribution in [2.45, 2.75) is 33.7 Å². The minimum absolute atomic E-state index is 0.165. The number of aromatic nitrogens is 2. The molecular weight excluding hydrogens is 202 g/mol. The second-order valence-corrected chi connectivity index (χ2v) is 4.98. The predicted octanol–water partition coefficient (Wildman–Crippen LogP) is 1.19. The third-order valence-corrected chi connectivity index (χ3v) is 2.85. The fourth-order valence-electron chi connectivity index (χ4n) is 1.66. The van der Waals surface area contributed by atoms with Crippen molar-refractivity contribution in [1.29, 1.82) is 0 Å². The van der Waals surface area contributed by atoms with Gasteiger partial charge in [0.1, 0.15) is 5.82 Å². The monoisotopic (exact) mass is 225 g/mol. The molecule has 1 aromatic rings. The maximum absolute atomic E-state index is 8.90. The highest BCUT2D eigenvalue weighted by Gasteiger charge is 2.15. The van der Waals surface area contributed by atoms with Crippen LogP contribution in [0.4, 0.5) is 0 Å². The van der Waals surface area contributed by atoms with Crippen molar-refractivity contribution < 1.29 is 5.11 Å². The zero-order valence-electron chi connectivity index (χ0n) is 10.5. The number of hydrogen-bond acceptors (Lipinski definition) is 3. The lowest BCUT2D eigenvalue weighted by atomic mass is 9.90. The van der Waals surface area contributed by atoms with E-state index in [1.807, 2.05) is 19.3 Å². The highest BCUT2D eigenvalue weighted by Crippen LogP contribution is 2.17. The fourth-order valence-corrected chi connectivity index (χ4v) is 1.66. The highest BCUT2D eigenvalue weighted by atomic mass is 16.3. The molecule has 2 N–H and O–H groups in total. The highest BCUT2D eigenvalue weighted by molar-refractivity contribution is 4.88. The molecular formula is C12H23N3O. The van der Waals surface area contributed by atoms with Crippen molar-refractivity contribution in [2.75, 3.05) is 19.7 Å². The van der Waals surface area contributed by atoms with E-state index in [1.54, 1.807) is 0 Å². The zero-order chi connectivity index (χ0) is 12.0. The Morgan fingerprint density at radius 3 is 2.81 bits per heavy atom. The van der Waals surface area contributed by atoms with E-state index >= 15 is 0 Å². The largest absolute Gasteiger partial charge is 0.396 e. The Kier molecular flexibility index (Phi) is 4.96. The van der Waals surface area contributed by atoms with Crippen LogP contribution in [0.5, 0.6) is 0 Å². The van der Waals surface area contributed by atoms with E-state index in [9.17, 15) is 0 Å². The molecule has 16 heavy (non-hydrogen) atoms. The van der Waals surface area contributed by atoms with Crippen molar-refractivity contribution in [3.8, 4) is 0 Å². The van der Waals surface area contributed by atoms with Gasteiger partial charge in [-0.15, -0.1) is 0 Å². The minimum Gasteiger partial charge on any atom is -0.396 e. The van der Waals surface area contributed by atoms with Gasteiger partial charge in [0.15, 0.2) is 0 Å². The van der Waals surface area contributed by atoms with Crippen LogP contribution in [0.2, 0.25) is 0 Å². The van der Waals surface area contributed by atoms with E-state index in [2.05, 4.69) is 28.7 Å². The van der Waals surface area contributed by atoms with E-state index in [4.69, 9.17) is 5.11 Å². The lowest BCUT2D eigenvalue weighted by Crippen LogP contribution is -2.32. The van der Waals surface area contributed by atoms with Gasteiger partial charge in [-0.3, -0.25) is 0 Å². The molecule has 1 aromatic heterocycles. The molecule has 0 unspecified atom stereocenters. The van der Waals surface area contributed by atoms with Crippen LogP contribution in [-0.4, -0.2) is 34.4 Å². The van der Waals surface area contributed by atoms with Crippen LogP contribution in [0.3, 0.4) is 0 Å². The van der Waals surface area contributed by atoms with Crippen LogP contribution >= 0.6 is 0 Å². The van der Waals surface area contributed by atoms with Crippen molar-refractivity contribution in [2.24, 2.45) is 5.41 Å². The summed E-state index contributed by atoms with van der Waals surface area (Å²) >= 11 is 0. The summed E-state index contributed by atoms with van der Waals surface area (Å²) < 4.78 is 2.13. The lowest BCUT2D eigenvalue weighted by Gasteiger charge is -2.24. The molecule has 0 bridgehead atoms. The van der Waals surface area contributed by atoms with Gasteiger partial charge in [0.05, 0.1) is 0 Å². The Morgan fingerprint density at radius 1 is 1.50 bits per heavy atom. The van der Waals surface area contributed by atoms with Crippen LogP contribution in [0.15, 0.2) is 12.4 Å². The van der Waals surface area contributed by atoms with Gasteiger partial charge in [0, 0.05) is 38.6 Å². The van der Waals surface area contributed by atoms with Crippen molar-refractivity contribution in [3.63, 3.8) is 0 Å². The number of aryl methyl sites for hydroxylation is 1. The number of hydrogen-bond donors (Lipinski definition) is 2. The molecule has 4 heteroatoms. The summed E-state index contributed by atoms with van der Waals surface area (Å²) in [6, 6.07) is 0. The molecule has 0 saturated heterocycles. The molecule has 4 nitrogen and oxygen atoms in total.